The van der Waals surface area contributed by atoms with E-state index in [0.717, 1.165) is 16.3 Å². The molecule has 0 aromatic heterocycles. The van der Waals surface area contributed by atoms with Gasteiger partial charge in [-0.15, -0.1) is 0 Å². The third-order valence-electron chi connectivity index (χ3n) is 6.04. The van der Waals surface area contributed by atoms with E-state index in [4.69, 9.17) is 23.2 Å². The molecule has 0 spiro atoms. The smallest absolute Gasteiger partial charge is 0.264 e. The molecule has 202 valence electrons. The van der Waals surface area contributed by atoms with Crippen molar-refractivity contribution in [3.8, 4) is 0 Å². The zero-order valence-corrected chi connectivity index (χ0v) is 23.9. The number of hydrogen-bond donors (Lipinski definition) is 1. The summed E-state index contributed by atoms with van der Waals surface area (Å²) in [4.78, 5) is 28.1. The number of aryl methyl sites for hydroxylation is 1. The Labute approximate surface area is 234 Å². The minimum Gasteiger partial charge on any atom is -0.354 e. The number of amides is 2. The van der Waals surface area contributed by atoms with Crippen molar-refractivity contribution in [2.45, 2.75) is 44.7 Å². The molecule has 3 aromatic carbocycles. The highest BCUT2D eigenvalue weighted by Gasteiger charge is 2.33. The van der Waals surface area contributed by atoms with Crippen LogP contribution in [-0.4, -0.2) is 44.3 Å². The van der Waals surface area contributed by atoms with E-state index in [9.17, 15) is 18.0 Å². The largest absolute Gasteiger partial charge is 0.354 e. The number of hydrogen-bond acceptors (Lipinski definition) is 4. The van der Waals surface area contributed by atoms with Crippen LogP contribution in [0.3, 0.4) is 0 Å². The summed E-state index contributed by atoms with van der Waals surface area (Å²) in [5, 5.41) is 3.47. The van der Waals surface area contributed by atoms with Crippen molar-refractivity contribution in [2.75, 3.05) is 17.4 Å². The molecule has 0 saturated heterocycles. The maximum absolute atomic E-state index is 13.9. The molecular weight excluding hydrogens is 545 g/mol. The van der Waals surface area contributed by atoms with Crippen LogP contribution in [0.2, 0.25) is 10.0 Å². The van der Waals surface area contributed by atoms with Gasteiger partial charge in [0.25, 0.3) is 10.0 Å². The molecule has 3 rings (SSSR count). The SMILES string of the molecule is CCCNC(=O)[C@@H](C)N(Cc1c(Cl)cccc1Cl)C(=O)CN(c1ccccc1)S(=O)(=O)c1ccc(C)cc1. The van der Waals surface area contributed by atoms with E-state index in [2.05, 4.69) is 5.32 Å². The highest BCUT2D eigenvalue weighted by molar-refractivity contribution is 7.92. The molecule has 7 nitrogen and oxygen atoms in total. The van der Waals surface area contributed by atoms with Crippen LogP contribution in [-0.2, 0) is 26.2 Å². The quantitative estimate of drug-likeness (QED) is 0.330. The van der Waals surface area contributed by atoms with Crippen LogP contribution in [0.1, 0.15) is 31.4 Å². The van der Waals surface area contributed by atoms with Crippen LogP contribution in [0.5, 0.6) is 0 Å². The molecule has 0 saturated carbocycles. The second-order valence-corrected chi connectivity index (χ2v) is 11.5. The molecule has 1 N–H and O–H groups in total. The van der Waals surface area contributed by atoms with Gasteiger partial charge in [0.15, 0.2) is 0 Å². The second kappa shape index (κ2) is 13.1. The minimum absolute atomic E-state index is 0.0502. The third-order valence-corrected chi connectivity index (χ3v) is 8.53. The number of nitrogens with zero attached hydrogens (tertiary/aromatic N) is 2. The maximum Gasteiger partial charge on any atom is 0.264 e. The fraction of sp³-hybridized carbons (Fsp3) is 0.286. The molecule has 10 heteroatoms. The standard InChI is InChI=1S/C28H31Cl2N3O4S/c1-4-17-31-28(35)21(3)32(18-24-25(29)11-8-12-26(24)30)27(34)19-33(22-9-6-5-7-10-22)38(36,37)23-15-13-20(2)14-16-23/h5-16,21H,4,17-19H2,1-3H3,(H,31,35)/t21-/m1/s1. The summed E-state index contributed by atoms with van der Waals surface area (Å²) < 4.78 is 28.5. The highest BCUT2D eigenvalue weighted by atomic mass is 35.5. The van der Waals surface area contributed by atoms with Crippen molar-refractivity contribution in [2.24, 2.45) is 0 Å². The Morgan fingerprint density at radius 3 is 2.11 bits per heavy atom. The molecular formula is C28H31Cl2N3O4S. The minimum atomic E-state index is -4.12. The molecule has 38 heavy (non-hydrogen) atoms. The fourth-order valence-electron chi connectivity index (χ4n) is 3.79. The summed E-state index contributed by atoms with van der Waals surface area (Å²) in [7, 11) is -4.12. The van der Waals surface area contributed by atoms with Gasteiger partial charge in [-0.05, 0) is 56.7 Å². The van der Waals surface area contributed by atoms with Crippen LogP contribution in [0.15, 0.2) is 77.7 Å². The van der Waals surface area contributed by atoms with Crippen molar-refractivity contribution >= 4 is 50.7 Å². The van der Waals surface area contributed by atoms with Crippen LogP contribution in [0.25, 0.3) is 0 Å². The van der Waals surface area contributed by atoms with E-state index in [1.54, 1.807) is 67.6 Å². The summed E-state index contributed by atoms with van der Waals surface area (Å²) in [6.45, 7) is 5.20. The van der Waals surface area contributed by atoms with Gasteiger partial charge in [0.05, 0.1) is 10.6 Å². The van der Waals surface area contributed by atoms with Gasteiger partial charge in [-0.3, -0.25) is 13.9 Å². The Bertz CT molecular complexity index is 1350. The lowest BCUT2D eigenvalue weighted by atomic mass is 10.1. The van der Waals surface area contributed by atoms with Gasteiger partial charge in [0.1, 0.15) is 12.6 Å². The summed E-state index contributed by atoms with van der Waals surface area (Å²) in [6, 6.07) is 18.8. The first kappa shape index (κ1) is 29.5. The Kier molecular flexibility index (Phi) is 10.2. The van der Waals surface area contributed by atoms with Crippen LogP contribution < -0.4 is 9.62 Å². The summed E-state index contributed by atoms with van der Waals surface area (Å²) >= 11 is 12.8. The summed E-state index contributed by atoms with van der Waals surface area (Å²) in [5.41, 5.74) is 1.69. The lowest BCUT2D eigenvalue weighted by molar-refractivity contribution is -0.139. The second-order valence-electron chi connectivity index (χ2n) is 8.85. The number of benzene rings is 3. The Morgan fingerprint density at radius 1 is 0.921 bits per heavy atom. The monoisotopic (exact) mass is 575 g/mol. The number of sulfonamides is 1. The van der Waals surface area contributed by atoms with E-state index in [0.29, 0.717) is 27.8 Å². The Morgan fingerprint density at radius 2 is 1.53 bits per heavy atom. The van der Waals surface area contributed by atoms with Crippen molar-refractivity contribution in [3.05, 3.63) is 94.0 Å². The number of carbonyl (C=O) groups is 2. The number of carbonyl (C=O) groups excluding carboxylic acids is 2. The Balaban J connectivity index is 2.03. The van der Waals surface area contributed by atoms with Gasteiger partial charge in [0, 0.05) is 28.7 Å². The molecule has 0 aliphatic rings. The number of para-hydroxylation sites is 1. The molecule has 0 aliphatic heterocycles. The predicted molar refractivity (Wildman–Crippen MR) is 152 cm³/mol. The summed E-state index contributed by atoms with van der Waals surface area (Å²) in [5.74, 6) is -0.948. The van der Waals surface area contributed by atoms with Crippen molar-refractivity contribution < 1.29 is 18.0 Å². The zero-order valence-electron chi connectivity index (χ0n) is 21.5. The van der Waals surface area contributed by atoms with Crippen molar-refractivity contribution in [3.63, 3.8) is 0 Å². The molecule has 1 atom stereocenters. The van der Waals surface area contributed by atoms with E-state index in [1.807, 2.05) is 13.8 Å². The van der Waals surface area contributed by atoms with Crippen molar-refractivity contribution in [1.29, 1.82) is 0 Å². The lowest BCUT2D eigenvalue weighted by Gasteiger charge is -2.32. The predicted octanol–water partition coefficient (Wildman–Crippen LogP) is 5.44. The van der Waals surface area contributed by atoms with E-state index in [1.165, 1.54) is 17.0 Å². The van der Waals surface area contributed by atoms with E-state index >= 15 is 0 Å². The average molecular weight is 577 g/mol. The van der Waals surface area contributed by atoms with E-state index in [-0.39, 0.29) is 17.3 Å². The molecule has 0 bridgehead atoms. The van der Waals surface area contributed by atoms with Gasteiger partial charge in [-0.25, -0.2) is 8.42 Å². The molecule has 3 aromatic rings. The number of nitrogens with one attached hydrogen (secondary N) is 1. The molecule has 2 amide bonds. The van der Waals surface area contributed by atoms with E-state index < -0.39 is 28.5 Å². The van der Waals surface area contributed by atoms with Gasteiger partial charge in [-0.1, -0.05) is 72.1 Å². The van der Waals surface area contributed by atoms with Crippen molar-refractivity contribution in [1.82, 2.24) is 10.2 Å². The number of anilines is 1. The first-order valence-corrected chi connectivity index (χ1v) is 14.4. The van der Waals surface area contributed by atoms with Gasteiger partial charge < -0.3 is 10.2 Å². The third kappa shape index (κ3) is 7.07. The molecule has 0 heterocycles. The zero-order chi connectivity index (χ0) is 27.9. The van der Waals surface area contributed by atoms with Gasteiger partial charge in [0.2, 0.25) is 11.8 Å². The summed E-state index contributed by atoms with van der Waals surface area (Å²) in [6.07, 6.45) is 0.722. The lowest BCUT2D eigenvalue weighted by Crippen LogP contribution is -2.51. The topological polar surface area (TPSA) is 86.8 Å². The van der Waals surface area contributed by atoms with Gasteiger partial charge >= 0.3 is 0 Å². The van der Waals surface area contributed by atoms with Crippen LogP contribution in [0, 0.1) is 6.92 Å². The average Bonchev–Trinajstić information content (AvgIpc) is 2.90. The fourth-order valence-corrected chi connectivity index (χ4v) is 5.72. The normalized spacial score (nSPS) is 12.0. The highest BCUT2D eigenvalue weighted by Crippen LogP contribution is 2.28. The molecule has 0 radical (unpaired) electrons. The van der Waals surface area contributed by atoms with Gasteiger partial charge in [-0.2, -0.15) is 0 Å². The van der Waals surface area contributed by atoms with Crippen LogP contribution >= 0.6 is 23.2 Å². The molecule has 0 aliphatic carbocycles. The molecule has 0 unspecified atom stereocenters. The first-order valence-electron chi connectivity index (χ1n) is 12.2. The molecule has 0 fully saturated rings. The van der Waals surface area contributed by atoms with Crippen LogP contribution in [0.4, 0.5) is 5.69 Å². The number of rotatable bonds is 11. The number of halogens is 2. The Hall–Kier alpha value is -3.07. The maximum atomic E-state index is 13.9. The first-order chi connectivity index (χ1) is 18.1.